The molecular formula is C32H37N7O2. The summed E-state index contributed by atoms with van der Waals surface area (Å²) in [7, 11) is 2.15. The van der Waals surface area contributed by atoms with Gasteiger partial charge < -0.3 is 15.3 Å². The van der Waals surface area contributed by atoms with Crippen molar-refractivity contribution in [2.75, 3.05) is 18.9 Å². The molecule has 1 spiro atoms. The van der Waals surface area contributed by atoms with E-state index in [1.54, 1.807) is 21.6 Å². The molecule has 41 heavy (non-hydrogen) atoms. The lowest BCUT2D eigenvalue weighted by Gasteiger charge is -2.38. The van der Waals surface area contributed by atoms with Crippen molar-refractivity contribution in [1.82, 2.24) is 29.2 Å². The largest absolute Gasteiger partial charge is 0.383 e. The number of nitrogens with one attached hydrogen (secondary N) is 1. The Morgan fingerprint density at radius 1 is 1.15 bits per heavy atom. The molecule has 0 radical (unpaired) electrons. The van der Waals surface area contributed by atoms with E-state index in [-0.39, 0.29) is 22.9 Å². The molecule has 1 atom stereocenters. The molecule has 212 valence electrons. The Morgan fingerprint density at radius 3 is 2.68 bits per heavy atom. The normalized spacial score (nSPS) is 22.1. The summed E-state index contributed by atoms with van der Waals surface area (Å²) in [5.74, 6) is 0.944. The van der Waals surface area contributed by atoms with Gasteiger partial charge in [-0.1, -0.05) is 39.0 Å². The van der Waals surface area contributed by atoms with Crippen molar-refractivity contribution in [3.05, 3.63) is 81.9 Å². The predicted molar refractivity (Wildman–Crippen MR) is 160 cm³/mol. The molecule has 2 N–H and O–H groups in total. The first kappa shape index (κ1) is 26.1. The van der Waals surface area contributed by atoms with Gasteiger partial charge in [0.2, 0.25) is 5.95 Å². The van der Waals surface area contributed by atoms with Crippen LogP contribution in [0.15, 0.2) is 54.0 Å². The monoisotopic (exact) mass is 551 g/mol. The molecule has 1 unspecified atom stereocenters. The van der Waals surface area contributed by atoms with Crippen LogP contribution in [0.3, 0.4) is 0 Å². The van der Waals surface area contributed by atoms with Gasteiger partial charge in [-0.15, -0.1) is 6.58 Å². The molecule has 9 nitrogen and oxygen atoms in total. The maximum absolute atomic E-state index is 13.5. The van der Waals surface area contributed by atoms with Gasteiger partial charge in [0.05, 0.1) is 12.2 Å². The molecule has 3 aliphatic rings. The molecule has 0 amide bonds. The number of anilines is 2. The van der Waals surface area contributed by atoms with E-state index in [0.29, 0.717) is 29.2 Å². The average molecular weight is 552 g/mol. The van der Waals surface area contributed by atoms with E-state index in [4.69, 9.17) is 9.97 Å². The summed E-state index contributed by atoms with van der Waals surface area (Å²) in [6.07, 6.45) is 6.73. The highest BCUT2D eigenvalue weighted by atomic mass is 16.3. The fraction of sp³-hybridized carbons (Fsp3) is 0.438. The van der Waals surface area contributed by atoms with Crippen molar-refractivity contribution in [3.8, 4) is 5.82 Å². The zero-order valence-electron chi connectivity index (χ0n) is 24.2. The molecular weight excluding hydrogens is 514 g/mol. The van der Waals surface area contributed by atoms with Crippen LogP contribution in [0.2, 0.25) is 0 Å². The van der Waals surface area contributed by atoms with Gasteiger partial charge in [0.1, 0.15) is 11.0 Å². The maximum atomic E-state index is 13.5. The standard InChI is InChI=1S/C32H37N7O2/c1-6-14-38-28(40)23-17-33-29(34-22-9-10-24-21(15-22)18-37(5)19-30(24,3)4)36-27(23)39(38)25-11-8-20-16-31(12-13-31)32(41,7-2)26(20)35-25/h6,8-11,15,17,41H,1,7,12-14,16,18-19H2,2-5H3,(H,33,34,36). The number of allylic oxidation sites excluding steroid dienone is 1. The van der Waals surface area contributed by atoms with Crippen LogP contribution >= 0.6 is 0 Å². The number of benzene rings is 1. The molecule has 0 saturated heterocycles. The van der Waals surface area contributed by atoms with Crippen LogP contribution in [-0.4, -0.2) is 47.9 Å². The van der Waals surface area contributed by atoms with Gasteiger partial charge in [0.25, 0.3) is 5.56 Å². The summed E-state index contributed by atoms with van der Waals surface area (Å²) in [5, 5.41) is 15.5. The molecule has 7 rings (SSSR count). The number of rotatable bonds is 6. The van der Waals surface area contributed by atoms with Crippen LogP contribution in [0.25, 0.3) is 16.9 Å². The first-order valence-corrected chi connectivity index (χ1v) is 14.5. The summed E-state index contributed by atoms with van der Waals surface area (Å²) in [6.45, 7) is 12.6. The molecule has 4 heterocycles. The lowest BCUT2D eigenvalue weighted by Crippen LogP contribution is -2.39. The van der Waals surface area contributed by atoms with Crippen LogP contribution < -0.4 is 10.9 Å². The molecule has 1 aromatic carbocycles. The van der Waals surface area contributed by atoms with Crippen LogP contribution in [0.4, 0.5) is 11.6 Å². The molecule has 1 aliphatic heterocycles. The van der Waals surface area contributed by atoms with E-state index in [9.17, 15) is 9.90 Å². The SMILES string of the molecule is C=CCn1c(=O)c2cnc(Nc3ccc4c(c3)CN(C)CC4(C)C)nc2n1-c1ccc2c(n1)C(O)(CC)C1(CC1)C2. The fourth-order valence-electron chi connectivity index (χ4n) is 7.45. The molecule has 9 heteroatoms. The van der Waals surface area contributed by atoms with Crippen molar-refractivity contribution in [3.63, 3.8) is 0 Å². The van der Waals surface area contributed by atoms with Gasteiger partial charge >= 0.3 is 0 Å². The topological polar surface area (TPSA) is 101 Å². The molecule has 1 saturated carbocycles. The summed E-state index contributed by atoms with van der Waals surface area (Å²) in [4.78, 5) is 30.2. The van der Waals surface area contributed by atoms with E-state index >= 15 is 0 Å². The Kier molecular flexibility index (Phi) is 5.63. The number of hydrogen-bond acceptors (Lipinski definition) is 7. The van der Waals surface area contributed by atoms with Gasteiger partial charge in [-0.2, -0.15) is 4.98 Å². The smallest absolute Gasteiger partial charge is 0.278 e. The number of pyridine rings is 1. The maximum Gasteiger partial charge on any atom is 0.278 e. The number of aliphatic hydroxyl groups is 1. The number of nitrogens with zero attached hydrogens (tertiary/aromatic N) is 6. The highest BCUT2D eigenvalue weighted by molar-refractivity contribution is 5.77. The lowest BCUT2D eigenvalue weighted by atomic mass is 9.78. The summed E-state index contributed by atoms with van der Waals surface area (Å²) >= 11 is 0. The highest BCUT2D eigenvalue weighted by Crippen LogP contribution is 2.65. The fourth-order valence-corrected chi connectivity index (χ4v) is 7.45. The van der Waals surface area contributed by atoms with Gasteiger partial charge in [0.15, 0.2) is 11.5 Å². The van der Waals surface area contributed by atoms with Crippen molar-refractivity contribution >= 4 is 22.7 Å². The predicted octanol–water partition coefficient (Wildman–Crippen LogP) is 4.56. The molecule has 3 aromatic heterocycles. The summed E-state index contributed by atoms with van der Waals surface area (Å²) in [5.41, 5.74) is 4.61. The second kappa shape index (κ2) is 8.84. The first-order chi connectivity index (χ1) is 19.6. The zero-order valence-corrected chi connectivity index (χ0v) is 24.2. The number of likely N-dealkylation sites (N-methyl/N-ethyl adjacent to an activating group) is 1. The minimum absolute atomic E-state index is 0.0757. The van der Waals surface area contributed by atoms with Crippen molar-refractivity contribution in [2.24, 2.45) is 5.41 Å². The average Bonchev–Trinajstić information content (AvgIpc) is 3.62. The van der Waals surface area contributed by atoms with E-state index in [2.05, 4.69) is 60.9 Å². The number of fused-ring (bicyclic) bond motifs is 3. The highest BCUT2D eigenvalue weighted by Gasteiger charge is 2.63. The minimum atomic E-state index is -0.957. The van der Waals surface area contributed by atoms with Gasteiger partial charge in [-0.05, 0) is 67.6 Å². The van der Waals surface area contributed by atoms with Crippen LogP contribution in [0.5, 0.6) is 0 Å². The van der Waals surface area contributed by atoms with Gasteiger partial charge in [0, 0.05) is 35.8 Å². The number of hydrogen-bond donors (Lipinski definition) is 2. The lowest BCUT2D eigenvalue weighted by molar-refractivity contribution is -0.0324. The van der Waals surface area contributed by atoms with E-state index < -0.39 is 5.60 Å². The second-order valence-corrected chi connectivity index (χ2v) is 12.8. The van der Waals surface area contributed by atoms with E-state index in [1.807, 2.05) is 19.1 Å². The molecule has 0 bridgehead atoms. The number of aromatic nitrogens is 5. The second-order valence-electron chi connectivity index (χ2n) is 12.8. The van der Waals surface area contributed by atoms with Gasteiger partial charge in [-0.25, -0.2) is 19.3 Å². The van der Waals surface area contributed by atoms with Crippen LogP contribution in [0.1, 0.15) is 62.4 Å². The summed E-state index contributed by atoms with van der Waals surface area (Å²) in [6, 6.07) is 10.4. The van der Waals surface area contributed by atoms with Crippen molar-refractivity contribution < 1.29 is 5.11 Å². The van der Waals surface area contributed by atoms with Gasteiger partial charge in [-0.3, -0.25) is 4.79 Å². The Morgan fingerprint density at radius 2 is 1.95 bits per heavy atom. The Balaban J connectivity index is 1.32. The Bertz CT molecular complexity index is 1780. The third-order valence-corrected chi connectivity index (χ3v) is 9.52. The van der Waals surface area contributed by atoms with Crippen LogP contribution in [0, 0.1) is 5.41 Å². The molecule has 4 aromatic rings. The van der Waals surface area contributed by atoms with Crippen molar-refractivity contribution in [2.45, 2.75) is 70.6 Å². The van der Waals surface area contributed by atoms with E-state index in [1.165, 1.54) is 11.1 Å². The molecule has 1 fully saturated rings. The van der Waals surface area contributed by atoms with E-state index in [0.717, 1.165) is 49.3 Å². The first-order valence-electron chi connectivity index (χ1n) is 14.5. The quantitative estimate of drug-likeness (QED) is 0.339. The zero-order chi connectivity index (χ0) is 28.7. The summed E-state index contributed by atoms with van der Waals surface area (Å²) < 4.78 is 3.32. The third kappa shape index (κ3) is 3.82. The molecule has 2 aliphatic carbocycles. The minimum Gasteiger partial charge on any atom is -0.383 e. The third-order valence-electron chi connectivity index (χ3n) is 9.52. The Hall–Kier alpha value is -3.82. The van der Waals surface area contributed by atoms with Crippen LogP contribution in [-0.2, 0) is 30.5 Å². The Labute approximate surface area is 239 Å². The van der Waals surface area contributed by atoms with Crippen molar-refractivity contribution in [1.29, 1.82) is 0 Å².